The van der Waals surface area contributed by atoms with Crippen LogP contribution >= 0.6 is 0 Å². The minimum Gasteiger partial charge on any atom is -0.490 e. The lowest BCUT2D eigenvalue weighted by Gasteiger charge is -2.30. The van der Waals surface area contributed by atoms with Gasteiger partial charge in [-0.05, 0) is 31.9 Å². The van der Waals surface area contributed by atoms with Gasteiger partial charge >= 0.3 is 0 Å². The molecule has 0 aliphatic heterocycles. The minimum atomic E-state index is -0.227. The zero-order valence-corrected chi connectivity index (χ0v) is 12.6. The third-order valence-electron chi connectivity index (χ3n) is 3.59. The fourth-order valence-corrected chi connectivity index (χ4v) is 2.30. The Hall–Kier alpha value is -1.26. The Morgan fingerprint density at radius 1 is 1.10 bits per heavy atom. The molecular formula is C16H27NO3. The summed E-state index contributed by atoms with van der Waals surface area (Å²) in [5, 5.41) is 9.58. The van der Waals surface area contributed by atoms with Gasteiger partial charge in [0.1, 0.15) is 0 Å². The zero-order chi connectivity index (χ0) is 14.8. The molecule has 4 nitrogen and oxygen atoms in total. The van der Waals surface area contributed by atoms with E-state index in [1.54, 1.807) is 0 Å². The highest BCUT2D eigenvalue weighted by Crippen LogP contribution is 2.30. The predicted molar refractivity (Wildman–Crippen MR) is 81.2 cm³/mol. The van der Waals surface area contributed by atoms with E-state index in [2.05, 4.69) is 6.92 Å². The third-order valence-corrected chi connectivity index (χ3v) is 3.59. The summed E-state index contributed by atoms with van der Waals surface area (Å²) in [5.74, 6) is 1.50. The average molecular weight is 281 g/mol. The van der Waals surface area contributed by atoms with E-state index >= 15 is 0 Å². The lowest BCUT2D eigenvalue weighted by atomic mass is 9.81. The summed E-state index contributed by atoms with van der Waals surface area (Å²) in [6.45, 7) is 5.78. The number of aliphatic hydroxyl groups is 1. The molecule has 114 valence electrons. The smallest absolute Gasteiger partial charge is 0.161 e. The van der Waals surface area contributed by atoms with Crippen molar-refractivity contribution in [3.05, 3.63) is 24.3 Å². The molecule has 1 unspecified atom stereocenters. The highest BCUT2D eigenvalue weighted by molar-refractivity contribution is 5.39. The van der Waals surface area contributed by atoms with Gasteiger partial charge in [-0.2, -0.15) is 0 Å². The first-order valence-corrected chi connectivity index (χ1v) is 7.37. The number of aliphatic hydroxyl groups excluding tert-OH is 1. The summed E-state index contributed by atoms with van der Waals surface area (Å²) in [4.78, 5) is 0. The van der Waals surface area contributed by atoms with Crippen molar-refractivity contribution in [1.82, 2.24) is 0 Å². The van der Waals surface area contributed by atoms with Crippen LogP contribution < -0.4 is 15.2 Å². The molecule has 0 saturated carbocycles. The monoisotopic (exact) mass is 281 g/mol. The van der Waals surface area contributed by atoms with Crippen molar-refractivity contribution in [2.75, 3.05) is 26.4 Å². The molecule has 0 radical (unpaired) electrons. The van der Waals surface area contributed by atoms with E-state index in [4.69, 9.17) is 15.2 Å². The summed E-state index contributed by atoms with van der Waals surface area (Å²) in [7, 11) is 0. The molecule has 1 aromatic carbocycles. The van der Waals surface area contributed by atoms with Crippen LogP contribution in [0.25, 0.3) is 0 Å². The van der Waals surface area contributed by atoms with E-state index in [1.165, 1.54) is 0 Å². The van der Waals surface area contributed by atoms with E-state index in [9.17, 15) is 5.11 Å². The molecule has 0 heterocycles. The van der Waals surface area contributed by atoms with Crippen LogP contribution in [0.3, 0.4) is 0 Å². The molecule has 4 heteroatoms. The molecule has 0 bridgehead atoms. The number of rotatable bonds is 10. The van der Waals surface area contributed by atoms with Gasteiger partial charge in [0.05, 0.1) is 19.8 Å². The Labute approximate surface area is 121 Å². The lowest BCUT2D eigenvalue weighted by Crippen LogP contribution is -2.35. The Balaban J connectivity index is 2.58. The van der Waals surface area contributed by atoms with Crippen LogP contribution in [-0.2, 0) is 0 Å². The van der Waals surface area contributed by atoms with E-state index in [0.717, 1.165) is 30.8 Å². The highest BCUT2D eigenvalue weighted by atomic mass is 16.5. The van der Waals surface area contributed by atoms with Gasteiger partial charge in [0.25, 0.3) is 0 Å². The number of hydrogen-bond donors (Lipinski definition) is 2. The van der Waals surface area contributed by atoms with E-state index in [0.29, 0.717) is 19.8 Å². The van der Waals surface area contributed by atoms with Gasteiger partial charge in [-0.1, -0.05) is 25.5 Å². The normalized spacial score (nSPS) is 13.8. The van der Waals surface area contributed by atoms with Crippen LogP contribution in [0.1, 0.15) is 33.1 Å². The lowest BCUT2D eigenvalue weighted by molar-refractivity contribution is 0.0921. The largest absolute Gasteiger partial charge is 0.490 e. The summed E-state index contributed by atoms with van der Waals surface area (Å²) in [6.07, 6.45) is 2.66. The second-order valence-electron chi connectivity index (χ2n) is 5.09. The molecule has 0 saturated heterocycles. The number of ether oxygens (including phenoxy) is 2. The first-order valence-electron chi connectivity index (χ1n) is 7.37. The summed E-state index contributed by atoms with van der Waals surface area (Å²) < 4.78 is 11.3. The fourth-order valence-electron chi connectivity index (χ4n) is 2.30. The molecule has 0 aromatic heterocycles. The van der Waals surface area contributed by atoms with E-state index < -0.39 is 0 Å². The van der Waals surface area contributed by atoms with Crippen molar-refractivity contribution in [1.29, 1.82) is 0 Å². The molecule has 3 N–H and O–H groups in total. The number of para-hydroxylation sites is 2. The van der Waals surface area contributed by atoms with Crippen LogP contribution in [0.5, 0.6) is 11.5 Å². The average Bonchev–Trinajstić information content (AvgIpc) is 2.48. The fraction of sp³-hybridized carbons (Fsp3) is 0.625. The van der Waals surface area contributed by atoms with Crippen molar-refractivity contribution in [2.45, 2.75) is 33.1 Å². The SMILES string of the molecule is CCCC(CN)(CO)CCOc1ccccc1OCC. The summed E-state index contributed by atoms with van der Waals surface area (Å²) in [5.41, 5.74) is 5.59. The third kappa shape index (κ3) is 4.69. The Morgan fingerprint density at radius 2 is 1.75 bits per heavy atom. The van der Waals surface area contributed by atoms with Gasteiger partial charge in [-0.15, -0.1) is 0 Å². The summed E-state index contributed by atoms with van der Waals surface area (Å²) in [6, 6.07) is 7.64. The van der Waals surface area contributed by atoms with Crippen molar-refractivity contribution in [3.63, 3.8) is 0 Å². The van der Waals surface area contributed by atoms with Crippen LogP contribution in [0.4, 0.5) is 0 Å². The maximum absolute atomic E-state index is 9.58. The first-order chi connectivity index (χ1) is 9.71. The highest BCUT2D eigenvalue weighted by Gasteiger charge is 2.26. The Bertz CT molecular complexity index is 378. The van der Waals surface area contributed by atoms with Crippen LogP contribution in [0.2, 0.25) is 0 Å². The molecule has 1 rings (SSSR count). The van der Waals surface area contributed by atoms with Gasteiger partial charge < -0.3 is 20.3 Å². The minimum absolute atomic E-state index is 0.105. The Morgan fingerprint density at radius 3 is 2.25 bits per heavy atom. The molecule has 1 aromatic rings. The van der Waals surface area contributed by atoms with Gasteiger partial charge in [0.15, 0.2) is 11.5 Å². The molecular weight excluding hydrogens is 254 g/mol. The maximum Gasteiger partial charge on any atom is 0.161 e. The molecule has 0 fully saturated rings. The van der Waals surface area contributed by atoms with E-state index in [-0.39, 0.29) is 12.0 Å². The maximum atomic E-state index is 9.58. The van der Waals surface area contributed by atoms with Crippen molar-refractivity contribution < 1.29 is 14.6 Å². The molecule has 0 aliphatic carbocycles. The van der Waals surface area contributed by atoms with E-state index in [1.807, 2.05) is 31.2 Å². The zero-order valence-electron chi connectivity index (χ0n) is 12.6. The van der Waals surface area contributed by atoms with Crippen molar-refractivity contribution in [2.24, 2.45) is 11.1 Å². The van der Waals surface area contributed by atoms with Gasteiger partial charge in [-0.25, -0.2) is 0 Å². The molecule has 0 aliphatic rings. The van der Waals surface area contributed by atoms with Gasteiger partial charge in [0.2, 0.25) is 0 Å². The summed E-state index contributed by atoms with van der Waals surface area (Å²) >= 11 is 0. The second-order valence-corrected chi connectivity index (χ2v) is 5.09. The number of nitrogens with two attached hydrogens (primary N) is 1. The first kappa shape index (κ1) is 16.8. The molecule has 1 atom stereocenters. The Kier molecular flexibility index (Phi) is 7.41. The molecule has 0 amide bonds. The quantitative estimate of drug-likeness (QED) is 0.692. The van der Waals surface area contributed by atoms with Crippen molar-refractivity contribution in [3.8, 4) is 11.5 Å². The molecule has 20 heavy (non-hydrogen) atoms. The van der Waals surface area contributed by atoms with Crippen LogP contribution in [0, 0.1) is 5.41 Å². The van der Waals surface area contributed by atoms with Gasteiger partial charge in [-0.3, -0.25) is 0 Å². The van der Waals surface area contributed by atoms with Gasteiger partial charge in [0, 0.05) is 12.0 Å². The van der Waals surface area contributed by atoms with Crippen LogP contribution in [-0.4, -0.2) is 31.5 Å². The number of benzene rings is 1. The predicted octanol–water partition coefficient (Wildman–Crippen LogP) is 2.59. The standard InChI is InChI=1S/C16H27NO3/c1-3-9-16(12-17,13-18)10-11-20-15-8-6-5-7-14(15)19-4-2/h5-8,18H,3-4,9-13,17H2,1-2H3. The number of hydrogen-bond acceptors (Lipinski definition) is 4. The van der Waals surface area contributed by atoms with Crippen LogP contribution in [0.15, 0.2) is 24.3 Å². The second kappa shape index (κ2) is 8.82. The molecule has 0 spiro atoms. The topological polar surface area (TPSA) is 64.7 Å². The van der Waals surface area contributed by atoms with Crippen molar-refractivity contribution >= 4 is 0 Å².